The molecule has 0 aliphatic heterocycles. The fraction of sp³-hybridized carbons (Fsp3) is 0.462. The third-order valence-electron chi connectivity index (χ3n) is 2.62. The molecule has 1 rings (SSSR count). The van der Waals surface area contributed by atoms with Crippen molar-refractivity contribution in [1.29, 1.82) is 0 Å². The Labute approximate surface area is 102 Å². The Hall–Kier alpha value is -1.55. The zero-order chi connectivity index (χ0) is 12.8. The number of aldehydes is 1. The van der Waals surface area contributed by atoms with E-state index in [0.717, 1.165) is 28.9 Å². The largest absolute Gasteiger partial charge is 0.496 e. The van der Waals surface area contributed by atoms with Crippen LogP contribution in [0.1, 0.15) is 11.1 Å². The molecule has 0 spiro atoms. The van der Waals surface area contributed by atoms with Crippen LogP contribution in [0.4, 0.5) is 0 Å². The van der Waals surface area contributed by atoms with Gasteiger partial charge in [-0.3, -0.25) is 4.90 Å². The number of ether oxygens (including phenoxy) is 2. The Morgan fingerprint density at radius 2 is 1.88 bits per heavy atom. The molecule has 1 aromatic carbocycles. The number of rotatable bonds is 6. The molecule has 0 radical (unpaired) electrons. The lowest BCUT2D eigenvalue weighted by atomic mass is 10.1. The van der Waals surface area contributed by atoms with Gasteiger partial charge >= 0.3 is 0 Å². The average molecular weight is 237 g/mol. The second-order valence-electron chi connectivity index (χ2n) is 4.00. The third-order valence-corrected chi connectivity index (χ3v) is 2.62. The van der Waals surface area contributed by atoms with Gasteiger partial charge in [0.15, 0.2) is 0 Å². The normalized spacial score (nSPS) is 10.4. The molecule has 0 bridgehead atoms. The minimum Gasteiger partial charge on any atom is -0.496 e. The quantitative estimate of drug-likeness (QED) is 0.705. The van der Waals surface area contributed by atoms with Crippen molar-refractivity contribution in [2.75, 3.05) is 27.8 Å². The Kier molecular flexibility index (Phi) is 4.97. The monoisotopic (exact) mass is 237 g/mol. The van der Waals surface area contributed by atoms with Gasteiger partial charge in [0.25, 0.3) is 0 Å². The second-order valence-corrected chi connectivity index (χ2v) is 4.00. The Morgan fingerprint density at radius 1 is 1.24 bits per heavy atom. The van der Waals surface area contributed by atoms with E-state index in [4.69, 9.17) is 9.47 Å². The van der Waals surface area contributed by atoms with Gasteiger partial charge in [0, 0.05) is 12.1 Å². The van der Waals surface area contributed by atoms with E-state index in [2.05, 4.69) is 0 Å². The van der Waals surface area contributed by atoms with Crippen LogP contribution in [0.2, 0.25) is 0 Å². The summed E-state index contributed by atoms with van der Waals surface area (Å²) in [5.74, 6) is 1.65. The number of methoxy groups -OCH3 is 2. The van der Waals surface area contributed by atoms with Gasteiger partial charge < -0.3 is 14.3 Å². The highest BCUT2D eigenvalue weighted by atomic mass is 16.5. The van der Waals surface area contributed by atoms with Gasteiger partial charge in [0.2, 0.25) is 0 Å². The van der Waals surface area contributed by atoms with E-state index in [-0.39, 0.29) is 0 Å². The number of nitrogens with zero attached hydrogens (tertiary/aromatic N) is 1. The van der Waals surface area contributed by atoms with Crippen LogP contribution in [0.5, 0.6) is 11.5 Å². The molecule has 0 saturated heterocycles. The molecule has 94 valence electrons. The predicted molar refractivity (Wildman–Crippen MR) is 66.7 cm³/mol. The van der Waals surface area contributed by atoms with Crippen LogP contribution in [0, 0.1) is 6.92 Å². The number of carbonyl (C=O) groups is 1. The van der Waals surface area contributed by atoms with Crippen molar-refractivity contribution >= 4 is 6.29 Å². The molecule has 4 nitrogen and oxygen atoms in total. The van der Waals surface area contributed by atoms with E-state index in [1.807, 2.05) is 31.0 Å². The first-order valence-electron chi connectivity index (χ1n) is 5.46. The molecule has 0 N–H and O–H groups in total. The summed E-state index contributed by atoms with van der Waals surface area (Å²) in [4.78, 5) is 12.4. The van der Waals surface area contributed by atoms with Crippen molar-refractivity contribution in [3.8, 4) is 11.5 Å². The molecule has 0 heterocycles. The van der Waals surface area contributed by atoms with Crippen molar-refractivity contribution in [2.45, 2.75) is 13.5 Å². The molecule has 0 aromatic heterocycles. The van der Waals surface area contributed by atoms with Gasteiger partial charge in [-0.15, -0.1) is 0 Å². The minimum absolute atomic E-state index is 0.402. The van der Waals surface area contributed by atoms with Crippen LogP contribution in [0.15, 0.2) is 12.1 Å². The molecule has 0 aliphatic carbocycles. The highest BCUT2D eigenvalue weighted by Crippen LogP contribution is 2.28. The van der Waals surface area contributed by atoms with Crippen LogP contribution in [-0.4, -0.2) is 39.0 Å². The van der Waals surface area contributed by atoms with Gasteiger partial charge in [-0.2, -0.15) is 0 Å². The molecule has 0 atom stereocenters. The molecule has 1 aromatic rings. The highest BCUT2D eigenvalue weighted by Gasteiger charge is 2.10. The zero-order valence-electron chi connectivity index (χ0n) is 10.8. The van der Waals surface area contributed by atoms with E-state index in [1.54, 1.807) is 14.2 Å². The molecular formula is C13H19NO3. The first kappa shape index (κ1) is 13.5. The summed E-state index contributed by atoms with van der Waals surface area (Å²) in [5, 5.41) is 0. The lowest BCUT2D eigenvalue weighted by Gasteiger charge is -2.17. The summed E-state index contributed by atoms with van der Waals surface area (Å²) in [5.41, 5.74) is 2.05. The molecular weight excluding hydrogens is 218 g/mol. The van der Waals surface area contributed by atoms with Crippen LogP contribution in [0.3, 0.4) is 0 Å². The standard InChI is InChI=1S/C13H19NO3/c1-10-7-13(17-4)11(8-12(10)16-3)9-14(2)5-6-15/h6-8H,5,9H2,1-4H3. The topological polar surface area (TPSA) is 38.8 Å². The van der Waals surface area contributed by atoms with E-state index in [9.17, 15) is 4.79 Å². The zero-order valence-corrected chi connectivity index (χ0v) is 10.8. The molecule has 0 aliphatic rings. The number of benzene rings is 1. The fourth-order valence-corrected chi connectivity index (χ4v) is 1.72. The van der Waals surface area contributed by atoms with Crippen LogP contribution < -0.4 is 9.47 Å². The van der Waals surface area contributed by atoms with Gasteiger partial charge in [-0.05, 0) is 31.7 Å². The Balaban J connectivity index is 2.99. The summed E-state index contributed by atoms with van der Waals surface area (Å²) >= 11 is 0. The van der Waals surface area contributed by atoms with Gasteiger partial charge in [-0.25, -0.2) is 0 Å². The number of aryl methyl sites for hydroxylation is 1. The summed E-state index contributed by atoms with van der Waals surface area (Å²) in [6, 6.07) is 3.90. The van der Waals surface area contributed by atoms with E-state index in [0.29, 0.717) is 13.1 Å². The second kappa shape index (κ2) is 6.25. The van der Waals surface area contributed by atoms with Gasteiger partial charge in [0.05, 0.1) is 20.8 Å². The average Bonchev–Trinajstić information content (AvgIpc) is 2.31. The lowest BCUT2D eigenvalue weighted by molar-refractivity contribution is -0.108. The summed E-state index contributed by atoms with van der Waals surface area (Å²) < 4.78 is 10.6. The number of hydrogen-bond donors (Lipinski definition) is 0. The maximum absolute atomic E-state index is 10.4. The molecule has 0 fully saturated rings. The highest BCUT2D eigenvalue weighted by molar-refractivity contribution is 5.52. The van der Waals surface area contributed by atoms with Crippen molar-refractivity contribution in [2.24, 2.45) is 0 Å². The molecule has 17 heavy (non-hydrogen) atoms. The number of carbonyl (C=O) groups excluding carboxylic acids is 1. The summed E-state index contributed by atoms with van der Waals surface area (Å²) in [7, 11) is 5.18. The predicted octanol–water partition coefficient (Wildman–Crippen LogP) is 1.64. The van der Waals surface area contributed by atoms with E-state index >= 15 is 0 Å². The van der Waals surface area contributed by atoms with E-state index < -0.39 is 0 Å². The molecule has 0 amide bonds. The van der Waals surface area contributed by atoms with Crippen molar-refractivity contribution in [1.82, 2.24) is 4.90 Å². The maximum atomic E-state index is 10.4. The number of hydrogen-bond acceptors (Lipinski definition) is 4. The van der Waals surface area contributed by atoms with Gasteiger partial charge in [0.1, 0.15) is 17.8 Å². The summed E-state index contributed by atoms with van der Waals surface area (Å²) in [6.07, 6.45) is 0.887. The molecule has 0 saturated carbocycles. The minimum atomic E-state index is 0.402. The van der Waals surface area contributed by atoms with Crippen LogP contribution in [0.25, 0.3) is 0 Å². The smallest absolute Gasteiger partial charge is 0.133 e. The third kappa shape index (κ3) is 3.46. The molecule has 0 unspecified atom stereocenters. The van der Waals surface area contributed by atoms with Gasteiger partial charge in [-0.1, -0.05) is 0 Å². The van der Waals surface area contributed by atoms with E-state index in [1.165, 1.54) is 0 Å². The van der Waals surface area contributed by atoms with Crippen LogP contribution in [-0.2, 0) is 11.3 Å². The lowest BCUT2D eigenvalue weighted by Crippen LogP contribution is -2.20. The molecule has 4 heteroatoms. The first-order valence-corrected chi connectivity index (χ1v) is 5.46. The SMILES string of the molecule is COc1cc(CN(C)CC=O)c(OC)cc1C. The van der Waals surface area contributed by atoms with Crippen molar-refractivity contribution in [3.05, 3.63) is 23.3 Å². The first-order chi connectivity index (χ1) is 8.12. The maximum Gasteiger partial charge on any atom is 0.133 e. The number of likely N-dealkylation sites (N-methyl/N-ethyl adjacent to an activating group) is 1. The fourth-order valence-electron chi connectivity index (χ4n) is 1.72. The van der Waals surface area contributed by atoms with Crippen molar-refractivity contribution < 1.29 is 14.3 Å². The van der Waals surface area contributed by atoms with Crippen molar-refractivity contribution in [3.63, 3.8) is 0 Å². The van der Waals surface area contributed by atoms with Crippen LogP contribution >= 0.6 is 0 Å². The Morgan fingerprint density at radius 3 is 2.41 bits per heavy atom. The Bertz CT molecular complexity index is 390. The summed E-state index contributed by atoms with van der Waals surface area (Å²) in [6.45, 7) is 3.03.